The van der Waals surface area contributed by atoms with Crippen LogP contribution < -0.4 is 19.1 Å². The van der Waals surface area contributed by atoms with Gasteiger partial charge in [-0.1, -0.05) is 0 Å². The number of nitrogens with zero attached hydrogens (tertiary/aromatic N) is 2. The molecule has 1 fully saturated rings. The van der Waals surface area contributed by atoms with Gasteiger partial charge in [-0.3, -0.25) is 9.59 Å². The van der Waals surface area contributed by atoms with E-state index in [9.17, 15) is 9.59 Å². The molecule has 0 aromatic heterocycles. The van der Waals surface area contributed by atoms with Crippen molar-refractivity contribution in [3.63, 3.8) is 0 Å². The van der Waals surface area contributed by atoms with Crippen molar-refractivity contribution in [1.29, 1.82) is 0 Å². The van der Waals surface area contributed by atoms with E-state index in [-0.39, 0.29) is 24.2 Å². The maximum Gasteiger partial charge on any atom is 0.227 e. The number of hydrogen-bond acceptors (Lipinski definition) is 5. The molecule has 0 saturated carbocycles. The molecule has 2 rings (SSSR count). The quantitative estimate of drug-likeness (QED) is 0.813. The maximum absolute atomic E-state index is 12.3. The van der Waals surface area contributed by atoms with Crippen molar-refractivity contribution in [2.45, 2.75) is 6.42 Å². The Morgan fingerprint density at radius 1 is 1.13 bits per heavy atom. The molecule has 0 aliphatic carbocycles. The normalized spacial score (nSPS) is 17.2. The summed E-state index contributed by atoms with van der Waals surface area (Å²) in [7, 11) is 7.94. The van der Waals surface area contributed by atoms with E-state index < -0.39 is 0 Å². The van der Waals surface area contributed by atoms with Crippen molar-refractivity contribution in [3.05, 3.63) is 12.1 Å². The lowest BCUT2D eigenvalue weighted by molar-refractivity contribution is -0.133. The lowest BCUT2D eigenvalue weighted by atomic mass is 10.1. The summed E-state index contributed by atoms with van der Waals surface area (Å²) in [4.78, 5) is 27.5. The van der Waals surface area contributed by atoms with Crippen LogP contribution in [0.1, 0.15) is 6.42 Å². The molecule has 7 heteroatoms. The summed E-state index contributed by atoms with van der Waals surface area (Å²) in [6.07, 6.45) is 0.202. The topological polar surface area (TPSA) is 68.3 Å². The summed E-state index contributed by atoms with van der Waals surface area (Å²) >= 11 is 0. The van der Waals surface area contributed by atoms with Crippen LogP contribution in [0.2, 0.25) is 0 Å². The van der Waals surface area contributed by atoms with Gasteiger partial charge in [0.25, 0.3) is 0 Å². The molecule has 0 unspecified atom stereocenters. The lowest BCUT2D eigenvalue weighted by Gasteiger charge is -2.21. The molecule has 0 N–H and O–H groups in total. The Morgan fingerprint density at radius 3 is 2.13 bits per heavy atom. The number of carbonyl (C=O) groups excluding carboxylic acids is 2. The Bertz CT molecular complexity index is 589. The predicted molar refractivity (Wildman–Crippen MR) is 85.3 cm³/mol. The number of anilines is 1. The van der Waals surface area contributed by atoms with Gasteiger partial charge in [-0.2, -0.15) is 0 Å². The summed E-state index contributed by atoms with van der Waals surface area (Å²) in [5, 5.41) is 0. The summed E-state index contributed by atoms with van der Waals surface area (Å²) in [6.45, 7) is 0.342. The summed E-state index contributed by atoms with van der Waals surface area (Å²) in [5.74, 6) is 0.921. The maximum atomic E-state index is 12.3. The summed E-state index contributed by atoms with van der Waals surface area (Å²) in [5.41, 5.74) is 0.624. The molecule has 7 nitrogen and oxygen atoms in total. The fourth-order valence-corrected chi connectivity index (χ4v) is 2.71. The van der Waals surface area contributed by atoms with Gasteiger partial charge in [-0.05, 0) is 0 Å². The van der Waals surface area contributed by atoms with Gasteiger partial charge in [0.2, 0.25) is 17.6 Å². The predicted octanol–water partition coefficient (Wildman–Crippen LogP) is 1.15. The molecule has 1 atom stereocenters. The fraction of sp³-hybridized carbons (Fsp3) is 0.500. The van der Waals surface area contributed by atoms with Gasteiger partial charge in [0.05, 0.1) is 32.9 Å². The molecular formula is C16H22N2O5. The van der Waals surface area contributed by atoms with Crippen molar-refractivity contribution >= 4 is 17.5 Å². The van der Waals surface area contributed by atoms with E-state index >= 15 is 0 Å². The first-order valence-corrected chi connectivity index (χ1v) is 7.24. The van der Waals surface area contributed by atoms with Crippen molar-refractivity contribution in [2.75, 3.05) is 46.9 Å². The molecule has 0 bridgehead atoms. The molecule has 0 radical (unpaired) electrons. The van der Waals surface area contributed by atoms with Crippen LogP contribution >= 0.6 is 0 Å². The first kappa shape index (κ1) is 16.9. The lowest BCUT2D eigenvalue weighted by Crippen LogP contribution is -2.32. The van der Waals surface area contributed by atoms with Crippen LogP contribution in [-0.4, -0.2) is 58.7 Å². The Morgan fingerprint density at radius 2 is 1.70 bits per heavy atom. The molecule has 23 heavy (non-hydrogen) atoms. The van der Waals surface area contributed by atoms with Crippen LogP contribution in [0.25, 0.3) is 0 Å². The molecule has 126 valence electrons. The highest BCUT2D eigenvalue weighted by Gasteiger charge is 2.36. The molecule has 1 heterocycles. The van der Waals surface area contributed by atoms with E-state index in [4.69, 9.17) is 14.2 Å². The molecule has 1 aromatic carbocycles. The van der Waals surface area contributed by atoms with Crippen molar-refractivity contribution in [2.24, 2.45) is 5.92 Å². The Kier molecular flexibility index (Phi) is 4.98. The SMILES string of the molecule is COc1cc(N2C[C@@H](C(=O)N(C)C)CC2=O)cc(OC)c1OC. The van der Waals surface area contributed by atoms with E-state index in [1.54, 1.807) is 31.1 Å². The third-order valence-electron chi connectivity index (χ3n) is 3.88. The fourth-order valence-electron chi connectivity index (χ4n) is 2.71. The summed E-state index contributed by atoms with van der Waals surface area (Å²) in [6, 6.07) is 3.42. The number of methoxy groups -OCH3 is 3. The minimum Gasteiger partial charge on any atom is -0.493 e. The van der Waals surface area contributed by atoms with Gasteiger partial charge >= 0.3 is 0 Å². The van der Waals surface area contributed by atoms with Crippen LogP contribution in [0.15, 0.2) is 12.1 Å². The van der Waals surface area contributed by atoms with Crippen LogP contribution in [0.3, 0.4) is 0 Å². The van der Waals surface area contributed by atoms with E-state index in [0.717, 1.165) is 0 Å². The molecule has 1 aromatic rings. The zero-order valence-electron chi connectivity index (χ0n) is 14.1. The van der Waals surface area contributed by atoms with E-state index in [0.29, 0.717) is 29.5 Å². The number of amides is 2. The number of benzene rings is 1. The average Bonchev–Trinajstić information content (AvgIpc) is 2.94. The molecule has 1 aliphatic heterocycles. The largest absolute Gasteiger partial charge is 0.493 e. The number of ether oxygens (including phenoxy) is 3. The number of rotatable bonds is 5. The highest BCUT2D eigenvalue weighted by molar-refractivity contribution is 6.00. The van der Waals surface area contributed by atoms with Crippen LogP contribution in [0, 0.1) is 5.92 Å². The van der Waals surface area contributed by atoms with Crippen molar-refractivity contribution in [1.82, 2.24) is 4.90 Å². The Balaban J connectivity index is 2.35. The van der Waals surface area contributed by atoms with Gasteiger partial charge in [-0.25, -0.2) is 0 Å². The zero-order valence-corrected chi connectivity index (χ0v) is 14.1. The zero-order chi connectivity index (χ0) is 17.1. The second-order valence-corrected chi connectivity index (χ2v) is 5.52. The Labute approximate surface area is 135 Å². The Hall–Kier alpha value is -2.44. The highest BCUT2D eigenvalue weighted by atomic mass is 16.5. The highest BCUT2D eigenvalue weighted by Crippen LogP contribution is 2.42. The summed E-state index contributed by atoms with van der Waals surface area (Å²) < 4.78 is 15.9. The molecular weight excluding hydrogens is 300 g/mol. The van der Waals surface area contributed by atoms with Crippen LogP contribution in [0.4, 0.5) is 5.69 Å². The van der Waals surface area contributed by atoms with E-state index in [1.807, 2.05) is 0 Å². The second kappa shape index (κ2) is 6.76. The smallest absolute Gasteiger partial charge is 0.227 e. The minimum absolute atomic E-state index is 0.0479. The van der Waals surface area contributed by atoms with Gasteiger partial charge in [0, 0.05) is 39.2 Å². The van der Waals surface area contributed by atoms with Gasteiger partial charge in [0.15, 0.2) is 11.5 Å². The molecule has 1 aliphatic rings. The standard InChI is InChI=1S/C16H22N2O5/c1-17(2)16(20)10-6-14(19)18(9-10)11-7-12(21-3)15(23-5)13(8-11)22-4/h7-8,10H,6,9H2,1-5H3/t10-/m0/s1. The molecule has 2 amide bonds. The second-order valence-electron chi connectivity index (χ2n) is 5.52. The van der Waals surface area contributed by atoms with E-state index in [2.05, 4.69) is 0 Å². The molecule has 0 spiro atoms. The van der Waals surface area contributed by atoms with E-state index in [1.165, 1.54) is 26.2 Å². The number of hydrogen-bond donors (Lipinski definition) is 0. The first-order valence-electron chi connectivity index (χ1n) is 7.24. The average molecular weight is 322 g/mol. The first-order chi connectivity index (χ1) is 10.9. The number of carbonyl (C=O) groups is 2. The molecule has 1 saturated heterocycles. The van der Waals surface area contributed by atoms with Gasteiger partial charge in [0.1, 0.15) is 0 Å². The van der Waals surface area contributed by atoms with Gasteiger partial charge in [-0.15, -0.1) is 0 Å². The van der Waals surface area contributed by atoms with Crippen molar-refractivity contribution < 1.29 is 23.8 Å². The third kappa shape index (κ3) is 3.18. The van der Waals surface area contributed by atoms with Crippen LogP contribution in [0.5, 0.6) is 17.2 Å². The monoisotopic (exact) mass is 322 g/mol. The minimum atomic E-state index is -0.336. The van der Waals surface area contributed by atoms with Crippen molar-refractivity contribution in [3.8, 4) is 17.2 Å². The van der Waals surface area contributed by atoms with Crippen LogP contribution in [-0.2, 0) is 9.59 Å². The van der Waals surface area contributed by atoms with Gasteiger partial charge < -0.3 is 24.0 Å². The third-order valence-corrected chi connectivity index (χ3v) is 3.88.